The zero-order chi connectivity index (χ0) is 33.1. The van der Waals surface area contributed by atoms with Crippen LogP contribution in [0.1, 0.15) is 207 Å². The van der Waals surface area contributed by atoms with Gasteiger partial charge in [0.15, 0.2) is 0 Å². The molecule has 0 fully saturated rings. The van der Waals surface area contributed by atoms with Crippen molar-refractivity contribution in [2.24, 2.45) is 11.8 Å². The molecular weight excluding hydrogens is 560 g/mol. The van der Waals surface area contributed by atoms with Crippen LogP contribution in [0.4, 0.5) is 0 Å². The van der Waals surface area contributed by atoms with Crippen molar-refractivity contribution in [3.63, 3.8) is 0 Å². The first-order chi connectivity index (χ1) is 21.9. The van der Waals surface area contributed by atoms with Crippen molar-refractivity contribution in [2.75, 3.05) is 26.4 Å². The Bertz CT molecular complexity index is 566. The quantitative estimate of drug-likeness (QED) is 0.0505. The van der Waals surface area contributed by atoms with E-state index in [0.717, 1.165) is 37.5 Å². The minimum atomic E-state index is -0.138. The van der Waals surface area contributed by atoms with Crippen LogP contribution in [-0.2, 0) is 23.8 Å². The van der Waals surface area contributed by atoms with E-state index in [1.165, 1.54) is 141 Å². The molecule has 0 aliphatic rings. The predicted molar refractivity (Wildman–Crippen MR) is 192 cm³/mol. The Hall–Kier alpha value is -1.10. The van der Waals surface area contributed by atoms with Crippen LogP contribution in [0.3, 0.4) is 0 Å². The van der Waals surface area contributed by atoms with Gasteiger partial charge in [-0.1, -0.05) is 182 Å². The first-order valence-corrected chi connectivity index (χ1v) is 19.8. The maximum Gasteiger partial charge on any atom is 0.305 e. The van der Waals surface area contributed by atoms with Crippen molar-refractivity contribution < 1.29 is 23.8 Å². The zero-order valence-electron chi connectivity index (χ0n) is 30.8. The summed E-state index contributed by atoms with van der Waals surface area (Å²) in [6, 6.07) is 0. The van der Waals surface area contributed by atoms with Crippen molar-refractivity contribution in [3.05, 3.63) is 0 Å². The number of hydrogen-bond acceptors (Lipinski definition) is 5. The second-order valence-electron chi connectivity index (χ2n) is 14.4. The van der Waals surface area contributed by atoms with Gasteiger partial charge in [-0.2, -0.15) is 0 Å². The largest absolute Gasteiger partial charge is 0.463 e. The summed E-state index contributed by atoms with van der Waals surface area (Å²) >= 11 is 0. The van der Waals surface area contributed by atoms with E-state index >= 15 is 0 Å². The summed E-state index contributed by atoms with van der Waals surface area (Å²) < 4.78 is 15.9. The summed E-state index contributed by atoms with van der Waals surface area (Å²) in [5.41, 5.74) is 0. The molecule has 268 valence electrons. The Morgan fingerprint density at radius 1 is 0.356 bits per heavy atom. The van der Waals surface area contributed by atoms with Crippen LogP contribution in [0.2, 0.25) is 0 Å². The molecule has 0 heterocycles. The van der Waals surface area contributed by atoms with Crippen LogP contribution < -0.4 is 0 Å². The van der Waals surface area contributed by atoms with Crippen molar-refractivity contribution in [2.45, 2.75) is 207 Å². The van der Waals surface area contributed by atoms with Crippen LogP contribution >= 0.6 is 0 Å². The van der Waals surface area contributed by atoms with Gasteiger partial charge < -0.3 is 14.2 Å². The number of unbranched alkanes of at least 4 members (excludes halogenated alkanes) is 22. The van der Waals surface area contributed by atoms with E-state index in [-0.39, 0.29) is 25.2 Å². The fraction of sp³-hybridized carbons (Fsp3) is 0.950. The number of esters is 2. The number of rotatable bonds is 36. The maximum absolute atomic E-state index is 11.9. The second kappa shape index (κ2) is 35.7. The Morgan fingerprint density at radius 3 is 0.867 bits per heavy atom. The highest BCUT2D eigenvalue weighted by atomic mass is 16.6. The minimum Gasteiger partial charge on any atom is -0.463 e. The summed E-state index contributed by atoms with van der Waals surface area (Å²) in [6.45, 7) is 10.5. The van der Waals surface area contributed by atoms with Crippen molar-refractivity contribution in [3.8, 4) is 0 Å². The van der Waals surface area contributed by atoms with Crippen LogP contribution in [-0.4, -0.2) is 38.4 Å². The lowest BCUT2D eigenvalue weighted by atomic mass is 10.0. The Labute approximate surface area is 281 Å². The predicted octanol–water partition coefficient (Wildman–Crippen LogP) is 12.3. The van der Waals surface area contributed by atoms with Crippen LogP contribution in [0.5, 0.6) is 0 Å². The van der Waals surface area contributed by atoms with Crippen LogP contribution in [0.25, 0.3) is 0 Å². The average molecular weight is 639 g/mol. The lowest BCUT2D eigenvalue weighted by Gasteiger charge is -2.07. The monoisotopic (exact) mass is 639 g/mol. The van der Waals surface area contributed by atoms with E-state index < -0.39 is 0 Å². The number of carbonyl (C=O) groups is 2. The normalized spacial score (nSPS) is 11.5. The van der Waals surface area contributed by atoms with E-state index in [9.17, 15) is 9.59 Å². The van der Waals surface area contributed by atoms with Gasteiger partial charge in [-0.05, 0) is 24.7 Å². The molecule has 5 heteroatoms. The standard InChI is InChI=1S/C40H78O5/c1-37(2)29-25-21-17-13-9-5-7-11-15-19-23-27-31-39(41)44-35-33-43-34-36-45-40(42)32-28-24-20-16-12-8-6-10-14-18-22-26-30-38(3)4/h37-38H,5-36H2,1-4H3. The second-order valence-corrected chi connectivity index (χ2v) is 14.4. The molecule has 0 spiro atoms. The topological polar surface area (TPSA) is 61.8 Å². The van der Waals surface area contributed by atoms with Crippen molar-refractivity contribution in [1.82, 2.24) is 0 Å². The smallest absolute Gasteiger partial charge is 0.305 e. The van der Waals surface area contributed by atoms with E-state index in [4.69, 9.17) is 14.2 Å². The minimum absolute atomic E-state index is 0.138. The molecular formula is C40H78O5. The number of carbonyl (C=O) groups excluding carboxylic acids is 2. The SMILES string of the molecule is CC(C)CCCCCCCCCCCCCCC(=O)OCCOCCOC(=O)CCCCCCCCCCCCCCC(C)C. The van der Waals surface area contributed by atoms with Gasteiger partial charge in [0.25, 0.3) is 0 Å². The molecule has 0 rings (SSSR count). The fourth-order valence-corrected chi connectivity index (χ4v) is 5.85. The first-order valence-electron chi connectivity index (χ1n) is 19.8. The summed E-state index contributed by atoms with van der Waals surface area (Å²) in [6.07, 6.45) is 34.9. The summed E-state index contributed by atoms with van der Waals surface area (Å²) in [7, 11) is 0. The molecule has 0 bridgehead atoms. The van der Waals surface area contributed by atoms with E-state index in [1.807, 2.05) is 0 Å². The van der Waals surface area contributed by atoms with Crippen molar-refractivity contribution in [1.29, 1.82) is 0 Å². The van der Waals surface area contributed by atoms with Crippen molar-refractivity contribution >= 4 is 11.9 Å². The average Bonchev–Trinajstić information content (AvgIpc) is 3.00. The summed E-state index contributed by atoms with van der Waals surface area (Å²) in [5.74, 6) is 1.43. The Morgan fingerprint density at radius 2 is 0.600 bits per heavy atom. The highest BCUT2D eigenvalue weighted by Gasteiger charge is 2.05. The van der Waals surface area contributed by atoms with Gasteiger partial charge in [0.05, 0.1) is 13.2 Å². The molecule has 0 atom stereocenters. The highest BCUT2D eigenvalue weighted by Crippen LogP contribution is 2.16. The van der Waals surface area contributed by atoms with E-state index in [1.54, 1.807) is 0 Å². The molecule has 45 heavy (non-hydrogen) atoms. The van der Waals surface area contributed by atoms with Gasteiger partial charge >= 0.3 is 11.9 Å². The molecule has 0 saturated heterocycles. The molecule has 0 aromatic heterocycles. The van der Waals surface area contributed by atoms with Gasteiger partial charge in [0.2, 0.25) is 0 Å². The summed E-state index contributed by atoms with van der Waals surface area (Å²) in [5, 5.41) is 0. The Kier molecular flexibility index (Phi) is 34.9. The molecule has 0 aromatic carbocycles. The first kappa shape index (κ1) is 43.9. The van der Waals surface area contributed by atoms with E-state index in [0.29, 0.717) is 26.1 Å². The molecule has 0 amide bonds. The lowest BCUT2D eigenvalue weighted by Crippen LogP contribution is -2.14. The third-order valence-electron chi connectivity index (χ3n) is 8.81. The van der Waals surface area contributed by atoms with Crippen LogP contribution in [0.15, 0.2) is 0 Å². The number of hydrogen-bond donors (Lipinski definition) is 0. The molecule has 0 radical (unpaired) electrons. The lowest BCUT2D eigenvalue weighted by molar-refractivity contribution is -0.146. The molecule has 0 unspecified atom stereocenters. The van der Waals surface area contributed by atoms with E-state index in [2.05, 4.69) is 27.7 Å². The Balaban J connectivity index is 3.26. The van der Waals surface area contributed by atoms with Gasteiger partial charge in [0.1, 0.15) is 13.2 Å². The molecule has 0 aliphatic heterocycles. The van der Waals surface area contributed by atoms with Gasteiger partial charge in [0, 0.05) is 12.8 Å². The third-order valence-corrected chi connectivity index (χ3v) is 8.81. The summed E-state index contributed by atoms with van der Waals surface area (Å²) in [4.78, 5) is 23.8. The maximum atomic E-state index is 11.9. The van der Waals surface area contributed by atoms with Gasteiger partial charge in [-0.25, -0.2) is 0 Å². The fourth-order valence-electron chi connectivity index (χ4n) is 5.85. The molecule has 0 saturated carbocycles. The number of ether oxygens (including phenoxy) is 3. The molecule has 0 N–H and O–H groups in total. The molecule has 0 aromatic rings. The van der Waals surface area contributed by atoms with Gasteiger partial charge in [-0.3, -0.25) is 9.59 Å². The van der Waals surface area contributed by atoms with Crippen LogP contribution in [0, 0.1) is 11.8 Å². The third kappa shape index (κ3) is 39.0. The highest BCUT2D eigenvalue weighted by molar-refractivity contribution is 5.69. The molecule has 5 nitrogen and oxygen atoms in total. The van der Waals surface area contributed by atoms with Gasteiger partial charge in [-0.15, -0.1) is 0 Å². The molecule has 0 aliphatic carbocycles. The zero-order valence-corrected chi connectivity index (χ0v) is 30.8.